The van der Waals surface area contributed by atoms with E-state index in [4.69, 9.17) is 9.40 Å². The molecule has 1 atom stereocenters. The van der Waals surface area contributed by atoms with Crippen LogP contribution in [-0.4, -0.2) is 32.1 Å². The third-order valence-electron chi connectivity index (χ3n) is 5.04. The quantitative estimate of drug-likeness (QED) is 0.483. The van der Waals surface area contributed by atoms with E-state index in [0.717, 1.165) is 32.9 Å². The molecule has 5 rings (SSSR count). The molecule has 0 bridgehead atoms. The third-order valence-corrected chi connectivity index (χ3v) is 7.04. The first kappa shape index (κ1) is 18.3. The summed E-state index contributed by atoms with van der Waals surface area (Å²) in [6.07, 6.45) is 2.08. The first-order valence-corrected chi connectivity index (χ1v) is 11.2. The minimum atomic E-state index is -0.537. The minimum Gasteiger partial charge on any atom is -0.387 e. The first-order valence-electron chi connectivity index (χ1n) is 9.46. The van der Waals surface area contributed by atoms with Crippen LogP contribution in [-0.2, 0) is 11.3 Å². The van der Waals surface area contributed by atoms with Crippen LogP contribution in [0.15, 0.2) is 51.0 Å². The fourth-order valence-electron chi connectivity index (χ4n) is 3.65. The number of benzene rings is 1. The molecule has 3 aromatic heterocycles. The highest BCUT2D eigenvalue weighted by molar-refractivity contribution is 7.18. The number of thiophene rings is 1. The van der Waals surface area contributed by atoms with Crippen LogP contribution in [0.4, 0.5) is 0 Å². The van der Waals surface area contributed by atoms with Crippen molar-refractivity contribution in [1.29, 1.82) is 0 Å². The SMILES string of the molecule is O=C(CCn1nc(-c2cccs2)oc1=O)N1CCC[C@H]1c1nc2ccccc2s1. The van der Waals surface area contributed by atoms with Crippen molar-refractivity contribution in [2.75, 3.05) is 6.54 Å². The lowest BCUT2D eigenvalue weighted by Crippen LogP contribution is -2.32. The summed E-state index contributed by atoms with van der Waals surface area (Å²) in [5.41, 5.74) is 0.974. The molecule has 0 radical (unpaired) electrons. The molecule has 148 valence electrons. The van der Waals surface area contributed by atoms with E-state index in [-0.39, 0.29) is 24.9 Å². The van der Waals surface area contributed by atoms with Gasteiger partial charge in [0.25, 0.3) is 5.89 Å². The average molecular weight is 427 g/mol. The van der Waals surface area contributed by atoms with Crippen molar-refractivity contribution in [3.8, 4) is 10.8 Å². The zero-order valence-corrected chi connectivity index (χ0v) is 17.1. The standard InChI is InChI=1S/C20H18N4O3S2/c25-17(9-11-24-20(26)27-18(22-24)16-8-4-12-28-16)23-10-3-6-14(23)19-21-13-5-1-2-7-15(13)29-19/h1-2,4-5,7-8,12,14H,3,6,9-11H2/t14-/m0/s1. The smallest absolute Gasteiger partial charge is 0.387 e. The predicted molar refractivity (Wildman–Crippen MR) is 112 cm³/mol. The summed E-state index contributed by atoms with van der Waals surface area (Å²) in [5.74, 6) is -0.226. The molecule has 0 saturated carbocycles. The van der Waals surface area contributed by atoms with Crippen molar-refractivity contribution in [3.63, 3.8) is 0 Å². The molecule has 29 heavy (non-hydrogen) atoms. The van der Waals surface area contributed by atoms with E-state index in [1.54, 1.807) is 11.3 Å². The number of carbonyl (C=O) groups is 1. The van der Waals surface area contributed by atoms with Gasteiger partial charge < -0.3 is 9.32 Å². The number of rotatable bonds is 5. The van der Waals surface area contributed by atoms with Gasteiger partial charge in [0.2, 0.25) is 5.91 Å². The van der Waals surface area contributed by atoms with Crippen LogP contribution in [0, 0.1) is 0 Å². The molecule has 9 heteroatoms. The number of likely N-dealkylation sites (tertiary alicyclic amines) is 1. The second-order valence-electron chi connectivity index (χ2n) is 6.89. The zero-order chi connectivity index (χ0) is 19.8. The summed E-state index contributed by atoms with van der Waals surface area (Å²) >= 11 is 3.10. The average Bonchev–Trinajstić information content (AvgIpc) is 3.51. The fourth-order valence-corrected chi connectivity index (χ4v) is 5.41. The Kier molecular flexibility index (Phi) is 4.76. The molecular formula is C20H18N4O3S2. The Morgan fingerprint density at radius 3 is 2.97 bits per heavy atom. The number of aryl methyl sites for hydroxylation is 1. The van der Waals surface area contributed by atoms with Crippen LogP contribution in [0.1, 0.15) is 30.3 Å². The van der Waals surface area contributed by atoms with Crippen LogP contribution in [0.2, 0.25) is 0 Å². The number of para-hydroxylation sites is 1. The van der Waals surface area contributed by atoms with Gasteiger partial charge in [0.15, 0.2) is 0 Å². The molecule has 1 aromatic carbocycles. The van der Waals surface area contributed by atoms with Crippen LogP contribution in [0.25, 0.3) is 21.0 Å². The van der Waals surface area contributed by atoms with Crippen LogP contribution in [0.3, 0.4) is 0 Å². The van der Waals surface area contributed by atoms with E-state index in [2.05, 4.69) is 11.2 Å². The molecule has 4 heterocycles. The van der Waals surface area contributed by atoms with Gasteiger partial charge in [-0.05, 0) is 36.4 Å². The normalized spacial score (nSPS) is 16.7. The van der Waals surface area contributed by atoms with Crippen molar-refractivity contribution in [3.05, 3.63) is 57.3 Å². The Morgan fingerprint density at radius 1 is 1.24 bits per heavy atom. The van der Waals surface area contributed by atoms with Gasteiger partial charge in [-0.2, -0.15) is 4.68 Å². The van der Waals surface area contributed by atoms with E-state index >= 15 is 0 Å². The third kappa shape index (κ3) is 3.51. The van der Waals surface area contributed by atoms with Gasteiger partial charge in [-0.15, -0.1) is 27.8 Å². The van der Waals surface area contributed by atoms with Gasteiger partial charge in [0.05, 0.1) is 27.7 Å². The largest absolute Gasteiger partial charge is 0.437 e. The van der Waals surface area contributed by atoms with Crippen molar-refractivity contribution >= 4 is 38.8 Å². The second kappa shape index (κ2) is 7.57. The van der Waals surface area contributed by atoms with Crippen molar-refractivity contribution in [2.24, 2.45) is 0 Å². The van der Waals surface area contributed by atoms with E-state index < -0.39 is 5.76 Å². The number of nitrogens with zero attached hydrogens (tertiary/aromatic N) is 4. The number of carbonyl (C=O) groups excluding carboxylic acids is 1. The molecule has 0 N–H and O–H groups in total. The monoisotopic (exact) mass is 426 g/mol. The van der Waals surface area contributed by atoms with Gasteiger partial charge in [-0.25, -0.2) is 9.78 Å². The lowest BCUT2D eigenvalue weighted by Gasteiger charge is -2.23. The molecule has 1 fully saturated rings. The Labute approximate surface area is 174 Å². The maximum Gasteiger partial charge on any atom is 0.437 e. The maximum atomic E-state index is 12.9. The van der Waals surface area contributed by atoms with Gasteiger partial charge in [-0.1, -0.05) is 18.2 Å². The highest BCUT2D eigenvalue weighted by Crippen LogP contribution is 2.36. The Hall–Kier alpha value is -2.78. The van der Waals surface area contributed by atoms with E-state index in [0.29, 0.717) is 12.4 Å². The molecule has 1 amide bonds. The first-order chi connectivity index (χ1) is 14.2. The van der Waals surface area contributed by atoms with Gasteiger partial charge in [0.1, 0.15) is 5.01 Å². The highest BCUT2D eigenvalue weighted by atomic mass is 32.1. The molecule has 0 unspecified atom stereocenters. The maximum absolute atomic E-state index is 12.9. The Balaban J connectivity index is 1.30. The Morgan fingerprint density at radius 2 is 2.14 bits per heavy atom. The van der Waals surface area contributed by atoms with Crippen LogP contribution >= 0.6 is 22.7 Å². The molecule has 1 aliphatic heterocycles. The van der Waals surface area contributed by atoms with E-state index in [1.165, 1.54) is 16.0 Å². The molecule has 1 aliphatic rings. The molecule has 7 nitrogen and oxygen atoms in total. The Bertz CT molecular complexity index is 1180. The van der Waals surface area contributed by atoms with Gasteiger partial charge in [0, 0.05) is 13.0 Å². The predicted octanol–water partition coefficient (Wildman–Crippen LogP) is 3.93. The van der Waals surface area contributed by atoms with Crippen LogP contribution < -0.4 is 5.76 Å². The number of aromatic nitrogens is 3. The van der Waals surface area contributed by atoms with Crippen LogP contribution in [0.5, 0.6) is 0 Å². The van der Waals surface area contributed by atoms with Crippen molar-refractivity contribution in [2.45, 2.75) is 31.8 Å². The van der Waals surface area contributed by atoms with Gasteiger partial charge in [-0.3, -0.25) is 4.79 Å². The summed E-state index contributed by atoms with van der Waals surface area (Å²) < 4.78 is 7.58. The van der Waals surface area contributed by atoms with E-state index in [1.807, 2.05) is 40.6 Å². The number of hydrogen-bond acceptors (Lipinski definition) is 7. The summed E-state index contributed by atoms with van der Waals surface area (Å²) in [5, 5.41) is 7.10. The zero-order valence-electron chi connectivity index (χ0n) is 15.5. The summed E-state index contributed by atoms with van der Waals surface area (Å²) in [6.45, 7) is 0.920. The fraction of sp³-hybridized carbons (Fsp3) is 0.300. The number of fused-ring (bicyclic) bond motifs is 1. The number of amides is 1. The topological polar surface area (TPSA) is 81.2 Å². The molecular weight excluding hydrogens is 408 g/mol. The van der Waals surface area contributed by atoms with Crippen molar-refractivity contribution < 1.29 is 9.21 Å². The molecule has 0 aliphatic carbocycles. The number of hydrogen-bond donors (Lipinski definition) is 0. The highest BCUT2D eigenvalue weighted by Gasteiger charge is 2.32. The summed E-state index contributed by atoms with van der Waals surface area (Å²) in [7, 11) is 0. The summed E-state index contributed by atoms with van der Waals surface area (Å²) in [4.78, 5) is 32.4. The number of thiazole rings is 1. The lowest BCUT2D eigenvalue weighted by molar-refractivity contribution is -0.132. The molecule has 4 aromatic rings. The van der Waals surface area contributed by atoms with Crippen molar-refractivity contribution in [1.82, 2.24) is 19.7 Å². The lowest BCUT2D eigenvalue weighted by atomic mass is 10.2. The molecule has 1 saturated heterocycles. The minimum absolute atomic E-state index is 0.00982. The van der Waals surface area contributed by atoms with E-state index in [9.17, 15) is 9.59 Å². The van der Waals surface area contributed by atoms with Gasteiger partial charge >= 0.3 is 5.76 Å². The summed E-state index contributed by atoms with van der Waals surface area (Å²) in [6, 6.07) is 11.8. The second-order valence-corrected chi connectivity index (χ2v) is 8.90. The molecule has 0 spiro atoms.